The molecule has 35 heavy (non-hydrogen) atoms. The molecule has 0 saturated heterocycles. The summed E-state index contributed by atoms with van der Waals surface area (Å²) >= 11 is 0. The number of nitrogens with one attached hydrogen (secondary N) is 2. The number of hydrogen-bond acceptors (Lipinski definition) is 4. The van der Waals surface area contributed by atoms with Crippen LogP contribution in [0.5, 0.6) is 5.75 Å². The number of nitrogens with zero attached hydrogens (tertiary/aromatic N) is 2. The first-order chi connectivity index (χ1) is 16.7. The number of carbonyl (C=O) groups excluding carboxylic acids is 3. The molecule has 2 heterocycles. The third-order valence-electron chi connectivity index (χ3n) is 5.78. The lowest BCUT2D eigenvalue weighted by molar-refractivity contribution is -0.138. The summed E-state index contributed by atoms with van der Waals surface area (Å²) in [5, 5.41) is 5.14. The molecular formula is C24H23F3N4O4. The van der Waals surface area contributed by atoms with Crippen LogP contribution in [0.1, 0.15) is 17.2 Å². The molecule has 4 amide bonds. The Morgan fingerprint density at radius 1 is 1.11 bits per heavy atom. The molecule has 2 N–H and O–H groups in total. The minimum atomic E-state index is -4.67. The van der Waals surface area contributed by atoms with Gasteiger partial charge in [-0.25, -0.2) is 4.79 Å². The summed E-state index contributed by atoms with van der Waals surface area (Å²) in [6, 6.07) is 11.9. The second-order valence-electron chi connectivity index (χ2n) is 8.06. The number of para-hydroxylation sites is 1. The molecule has 0 radical (unpaired) electrons. The predicted molar refractivity (Wildman–Crippen MR) is 119 cm³/mol. The average Bonchev–Trinajstić information content (AvgIpc) is 3.15. The summed E-state index contributed by atoms with van der Waals surface area (Å²) in [6.45, 7) is 0.0316. The van der Waals surface area contributed by atoms with Crippen molar-refractivity contribution in [2.75, 3.05) is 33.3 Å². The van der Waals surface area contributed by atoms with E-state index in [0.717, 1.165) is 6.07 Å². The molecule has 4 rings (SSSR count). The van der Waals surface area contributed by atoms with Gasteiger partial charge in [-0.1, -0.05) is 36.4 Å². The molecule has 0 spiro atoms. The van der Waals surface area contributed by atoms with Crippen LogP contribution in [0.4, 0.5) is 18.0 Å². The van der Waals surface area contributed by atoms with Crippen molar-refractivity contribution in [1.29, 1.82) is 0 Å². The fourth-order valence-electron chi connectivity index (χ4n) is 4.10. The maximum Gasteiger partial charge on any atom is 0.416 e. The van der Waals surface area contributed by atoms with E-state index in [2.05, 4.69) is 10.6 Å². The molecule has 184 valence electrons. The third-order valence-corrected chi connectivity index (χ3v) is 5.78. The summed E-state index contributed by atoms with van der Waals surface area (Å²) in [7, 11) is 1.42. The van der Waals surface area contributed by atoms with Crippen molar-refractivity contribution in [1.82, 2.24) is 20.4 Å². The van der Waals surface area contributed by atoms with Gasteiger partial charge in [0.15, 0.2) is 0 Å². The molecule has 2 aromatic carbocycles. The van der Waals surface area contributed by atoms with Gasteiger partial charge in [-0.05, 0) is 23.8 Å². The van der Waals surface area contributed by atoms with Gasteiger partial charge in [0.2, 0.25) is 5.91 Å². The summed E-state index contributed by atoms with van der Waals surface area (Å²) in [5.41, 5.74) is -0.888. The molecule has 8 nitrogen and oxygen atoms in total. The summed E-state index contributed by atoms with van der Waals surface area (Å²) < 4.78 is 46.4. The van der Waals surface area contributed by atoms with E-state index in [-0.39, 0.29) is 43.1 Å². The maximum atomic E-state index is 13.6. The van der Waals surface area contributed by atoms with Crippen LogP contribution in [0.15, 0.2) is 65.9 Å². The van der Waals surface area contributed by atoms with E-state index in [1.165, 1.54) is 35.0 Å². The van der Waals surface area contributed by atoms with E-state index in [4.69, 9.17) is 4.74 Å². The Balaban J connectivity index is 1.45. The van der Waals surface area contributed by atoms with Crippen LogP contribution in [-0.2, 0) is 15.8 Å². The summed E-state index contributed by atoms with van der Waals surface area (Å²) in [6.07, 6.45) is -4.67. The van der Waals surface area contributed by atoms with Crippen molar-refractivity contribution < 1.29 is 32.3 Å². The highest BCUT2D eigenvalue weighted by Gasteiger charge is 2.46. The molecule has 11 heteroatoms. The molecule has 0 aromatic heterocycles. The van der Waals surface area contributed by atoms with Gasteiger partial charge in [0.05, 0.1) is 36.0 Å². The summed E-state index contributed by atoms with van der Waals surface area (Å²) in [5.74, 6) is -0.410. The fourth-order valence-corrected chi connectivity index (χ4v) is 4.10. The topological polar surface area (TPSA) is 91.0 Å². The van der Waals surface area contributed by atoms with E-state index >= 15 is 0 Å². The number of halogens is 3. The van der Waals surface area contributed by atoms with Gasteiger partial charge in [0.25, 0.3) is 5.91 Å². The molecule has 0 saturated carbocycles. The fraction of sp³-hybridized carbons (Fsp3) is 0.292. The van der Waals surface area contributed by atoms with Crippen molar-refractivity contribution in [3.8, 4) is 5.75 Å². The van der Waals surface area contributed by atoms with Crippen molar-refractivity contribution in [2.24, 2.45) is 0 Å². The Bertz CT molecular complexity index is 1170. The maximum absolute atomic E-state index is 13.6. The summed E-state index contributed by atoms with van der Waals surface area (Å²) in [4.78, 5) is 40.5. The van der Waals surface area contributed by atoms with Gasteiger partial charge < -0.3 is 20.3 Å². The molecule has 0 fully saturated rings. The van der Waals surface area contributed by atoms with E-state index in [9.17, 15) is 27.6 Å². The number of benzene rings is 2. The minimum absolute atomic E-state index is 0.0176. The second kappa shape index (κ2) is 9.69. The number of urea groups is 1. The molecule has 2 aliphatic rings. The first-order valence-electron chi connectivity index (χ1n) is 10.8. The van der Waals surface area contributed by atoms with Crippen LogP contribution in [-0.4, -0.2) is 60.9 Å². The average molecular weight is 488 g/mol. The van der Waals surface area contributed by atoms with Crippen molar-refractivity contribution in [2.45, 2.75) is 12.2 Å². The van der Waals surface area contributed by atoms with Crippen LogP contribution in [0, 0.1) is 0 Å². The van der Waals surface area contributed by atoms with E-state index in [1.54, 1.807) is 12.1 Å². The Kier molecular flexibility index (Phi) is 6.68. The lowest BCUT2D eigenvalue weighted by Crippen LogP contribution is -2.45. The largest absolute Gasteiger partial charge is 0.492 e. The van der Waals surface area contributed by atoms with E-state index < -0.39 is 35.6 Å². The molecule has 1 atom stereocenters. The van der Waals surface area contributed by atoms with Crippen LogP contribution >= 0.6 is 0 Å². The third kappa shape index (κ3) is 5.08. The highest BCUT2D eigenvalue weighted by atomic mass is 19.4. The number of rotatable bonds is 7. The molecule has 0 bridgehead atoms. The van der Waals surface area contributed by atoms with Crippen LogP contribution < -0.4 is 15.4 Å². The van der Waals surface area contributed by atoms with Crippen molar-refractivity contribution in [3.05, 3.63) is 77.0 Å². The van der Waals surface area contributed by atoms with E-state index in [0.29, 0.717) is 5.75 Å². The Morgan fingerprint density at radius 3 is 2.51 bits per heavy atom. The quantitative estimate of drug-likeness (QED) is 0.587. The molecule has 1 unspecified atom stereocenters. The first kappa shape index (κ1) is 24.1. The van der Waals surface area contributed by atoms with E-state index in [1.807, 2.05) is 18.2 Å². The smallest absolute Gasteiger partial charge is 0.416 e. The van der Waals surface area contributed by atoms with Gasteiger partial charge >= 0.3 is 12.2 Å². The van der Waals surface area contributed by atoms with Gasteiger partial charge in [-0.3, -0.25) is 14.5 Å². The highest BCUT2D eigenvalue weighted by Crippen LogP contribution is 2.41. The Morgan fingerprint density at radius 2 is 1.80 bits per heavy atom. The zero-order valence-electron chi connectivity index (χ0n) is 18.8. The number of hydrogen-bond donors (Lipinski definition) is 2. The van der Waals surface area contributed by atoms with Crippen LogP contribution in [0.2, 0.25) is 0 Å². The monoisotopic (exact) mass is 488 g/mol. The number of likely N-dealkylation sites (N-methyl/N-ethyl adjacent to an activating group) is 1. The van der Waals surface area contributed by atoms with Crippen molar-refractivity contribution in [3.63, 3.8) is 0 Å². The van der Waals surface area contributed by atoms with Gasteiger partial charge in [0, 0.05) is 7.05 Å². The standard InChI is InChI=1S/C24H23F3N4O4/c1-30-18-13-31(14-19(32)28-11-12-35-15-7-3-2-4-8-15)22(33)20(18)21(29-23(30)34)16-9-5-6-10-17(16)24(25,26)27/h2-10,21H,11-14H2,1H3,(H,28,32)(H,29,34). The number of ether oxygens (including phenoxy) is 1. The number of carbonyl (C=O) groups is 3. The second-order valence-corrected chi connectivity index (χ2v) is 8.06. The first-order valence-corrected chi connectivity index (χ1v) is 10.8. The molecule has 0 aliphatic carbocycles. The zero-order valence-corrected chi connectivity index (χ0v) is 18.8. The van der Waals surface area contributed by atoms with Gasteiger partial charge in [-0.15, -0.1) is 0 Å². The minimum Gasteiger partial charge on any atom is -0.492 e. The molecule has 2 aromatic rings. The number of alkyl halides is 3. The lowest BCUT2D eigenvalue weighted by atomic mass is 9.92. The SMILES string of the molecule is CN1C(=O)NC(c2ccccc2C(F)(F)F)C2=C1CN(CC(=O)NCCOc1ccccc1)C2=O. The Hall–Kier alpha value is -4.02. The predicted octanol–water partition coefficient (Wildman–Crippen LogP) is 2.69. The number of amides is 4. The van der Waals surface area contributed by atoms with Crippen LogP contribution in [0.3, 0.4) is 0 Å². The normalized spacial score (nSPS) is 17.9. The Labute approximate surface area is 199 Å². The highest BCUT2D eigenvalue weighted by molar-refractivity contribution is 6.03. The lowest BCUT2D eigenvalue weighted by Gasteiger charge is -2.32. The van der Waals surface area contributed by atoms with Gasteiger partial charge in [-0.2, -0.15) is 13.2 Å². The van der Waals surface area contributed by atoms with Crippen molar-refractivity contribution >= 4 is 17.8 Å². The van der Waals surface area contributed by atoms with Gasteiger partial charge in [0.1, 0.15) is 18.9 Å². The van der Waals surface area contributed by atoms with Crippen LogP contribution in [0.25, 0.3) is 0 Å². The molecular weight excluding hydrogens is 465 g/mol. The molecule has 2 aliphatic heterocycles. The zero-order chi connectivity index (χ0) is 25.2.